The van der Waals surface area contributed by atoms with Gasteiger partial charge in [0.25, 0.3) is 5.91 Å². The van der Waals surface area contributed by atoms with Gasteiger partial charge in [-0.15, -0.1) is 0 Å². The van der Waals surface area contributed by atoms with Gasteiger partial charge in [-0.05, 0) is 42.5 Å². The molecular formula is C23H21ClN4O. The summed E-state index contributed by atoms with van der Waals surface area (Å²) in [5.41, 5.74) is 4.79. The molecule has 5 nitrogen and oxygen atoms in total. The van der Waals surface area contributed by atoms with Crippen molar-refractivity contribution >= 4 is 28.4 Å². The van der Waals surface area contributed by atoms with Crippen molar-refractivity contribution in [1.82, 2.24) is 20.1 Å². The summed E-state index contributed by atoms with van der Waals surface area (Å²) in [5, 5.41) is 9.04. The minimum atomic E-state index is 0.0288. The fraction of sp³-hybridized carbons (Fsp3) is 0.217. The predicted octanol–water partition coefficient (Wildman–Crippen LogP) is 5.23. The van der Waals surface area contributed by atoms with Crippen LogP contribution < -0.4 is 0 Å². The van der Waals surface area contributed by atoms with Gasteiger partial charge in [-0.1, -0.05) is 41.9 Å². The molecule has 3 heterocycles. The normalized spacial score (nSPS) is 15.1. The SMILES string of the molecule is O=C(c1cn[nH]c1-c1ccc(Cl)cc1)N1CCC(c2c[nH]c3ccccc23)CC1. The maximum Gasteiger partial charge on any atom is 0.257 e. The molecule has 0 spiro atoms. The minimum Gasteiger partial charge on any atom is -0.361 e. The van der Waals surface area contributed by atoms with E-state index < -0.39 is 0 Å². The molecule has 0 radical (unpaired) electrons. The molecule has 0 atom stereocenters. The van der Waals surface area contributed by atoms with Gasteiger partial charge in [-0.25, -0.2) is 0 Å². The Balaban J connectivity index is 1.32. The number of benzene rings is 2. The number of nitrogens with zero attached hydrogens (tertiary/aromatic N) is 2. The number of fused-ring (bicyclic) bond motifs is 1. The van der Waals surface area contributed by atoms with Gasteiger partial charge in [0.2, 0.25) is 0 Å². The largest absolute Gasteiger partial charge is 0.361 e. The number of hydrogen-bond donors (Lipinski definition) is 2. The van der Waals surface area contributed by atoms with Crippen molar-refractivity contribution in [3.8, 4) is 11.3 Å². The highest BCUT2D eigenvalue weighted by molar-refractivity contribution is 6.30. The maximum atomic E-state index is 13.2. The number of para-hydroxylation sites is 1. The van der Waals surface area contributed by atoms with E-state index >= 15 is 0 Å². The number of rotatable bonds is 3. The number of carbonyl (C=O) groups excluding carboxylic acids is 1. The van der Waals surface area contributed by atoms with E-state index in [4.69, 9.17) is 11.6 Å². The molecule has 2 aromatic heterocycles. The molecule has 29 heavy (non-hydrogen) atoms. The molecule has 5 rings (SSSR count). The molecule has 1 fully saturated rings. The summed E-state index contributed by atoms with van der Waals surface area (Å²) in [6, 6.07) is 15.8. The molecule has 2 N–H and O–H groups in total. The molecule has 1 aliphatic heterocycles. The van der Waals surface area contributed by atoms with E-state index in [0.29, 0.717) is 16.5 Å². The highest BCUT2D eigenvalue weighted by atomic mass is 35.5. The summed E-state index contributed by atoms with van der Waals surface area (Å²) in [6.45, 7) is 1.49. The number of piperidine rings is 1. The Kier molecular flexibility index (Phi) is 4.60. The average Bonchev–Trinajstić information content (AvgIpc) is 3.41. The number of nitrogens with one attached hydrogen (secondary N) is 2. The van der Waals surface area contributed by atoms with Crippen LogP contribution in [0.5, 0.6) is 0 Å². The van der Waals surface area contributed by atoms with Gasteiger partial charge in [0, 0.05) is 40.8 Å². The number of H-pyrrole nitrogens is 2. The van der Waals surface area contributed by atoms with Crippen molar-refractivity contribution in [3.05, 3.63) is 77.1 Å². The van der Waals surface area contributed by atoms with Crippen LogP contribution in [0.2, 0.25) is 5.02 Å². The fourth-order valence-corrected chi connectivity index (χ4v) is 4.41. The number of likely N-dealkylation sites (tertiary alicyclic amines) is 1. The molecule has 4 aromatic rings. The van der Waals surface area contributed by atoms with Crippen LogP contribution in [-0.2, 0) is 0 Å². The van der Waals surface area contributed by atoms with E-state index in [1.54, 1.807) is 6.20 Å². The molecule has 0 unspecified atom stereocenters. The van der Waals surface area contributed by atoms with Crippen LogP contribution in [0, 0.1) is 0 Å². The fourth-order valence-electron chi connectivity index (χ4n) is 4.28. The van der Waals surface area contributed by atoms with Crippen LogP contribution in [0.15, 0.2) is 60.9 Å². The van der Waals surface area contributed by atoms with Gasteiger partial charge in [-0.2, -0.15) is 5.10 Å². The number of aromatic amines is 2. The number of aromatic nitrogens is 3. The summed E-state index contributed by atoms with van der Waals surface area (Å²) in [7, 11) is 0. The standard InChI is InChI=1S/C23H21ClN4O/c24-17-7-5-16(6-8-17)22-20(14-26-27-22)23(29)28-11-9-15(10-12-28)19-13-25-21-4-2-1-3-18(19)21/h1-8,13-15,25H,9-12H2,(H,26,27). The molecule has 0 aliphatic carbocycles. The van der Waals surface area contributed by atoms with Crippen LogP contribution in [0.25, 0.3) is 22.2 Å². The third kappa shape index (κ3) is 3.32. The molecule has 0 bridgehead atoms. The second kappa shape index (κ2) is 7.41. The van der Waals surface area contributed by atoms with Crippen molar-refractivity contribution in [1.29, 1.82) is 0 Å². The van der Waals surface area contributed by atoms with Crippen LogP contribution in [-0.4, -0.2) is 39.1 Å². The lowest BCUT2D eigenvalue weighted by molar-refractivity contribution is 0.0714. The van der Waals surface area contributed by atoms with Crippen molar-refractivity contribution < 1.29 is 4.79 Å². The quantitative estimate of drug-likeness (QED) is 0.491. The van der Waals surface area contributed by atoms with E-state index in [0.717, 1.165) is 37.2 Å². The summed E-state index contributed by atoms with van der Waals surface area (Å²) in [6.07, 6.45) is 5.67. The van der Waals surface area contributed by atoms with Crippen LogP contribution >= 0.6 is 11.6 Å². The Morgan fingerprint density at radius 1 is 1.07 bits per heavy atom. The van der Waals surface area contributed by atoms with E-state index in [2.05, 4.69) is 39.6 Å². The highest BCUT2D eigenvalue weighted by Gasteiger charge is 2.28. The average molecular weight is 405 g/mol. The zero-order valence-electron chi connectivity index (χ0n) is 15.9. The lowest BCUT2D eigenvalue weighted by atomic mass is 9.89. The van der Waals surface area contributed by atoms with Gasteiger partial charge in [0.05, 0.1) is 17.5 Å². The Bertz CT molecular complexity index is 1150. The van der Waals surface area contributed by atoms with E-state index in [-0.39, 0.29) is 5.91 Å². The minimum absolute atomic E-state index is 0.0288. The molecule has 2 aromatic carbocycles. The van der Waals surface area contributed by atoms with Crippen LogP contribution in [0.1, 0.15) is 34.7 Å². The first-order valence-corrected chi connectivity index (χ1v) is 10.2. The lowest BCUT2D eigenvalue weighted by Crippen LogP contribution is -2.38. The lowest BCUT2D eigenvalue weighted by Gasteiger charge is -2.32. The van der Waals surface area contributed by atoms with Gasteiger partial charge in [-0.3, -0.25) is 9.89 Å². The molecule has 6 heteroatoms. The first-order valence-electron chi connectivity index (χ1n) is 9.85. The maximum absolute atomic E-state index is 13.2. The topological polar surface area (TPSA) is 64.8 Å². The molecular weight excluding hydrogens is 384 g/mol. The van der Waals surface area contributed by atoms with Crippen molar-refractivity contribution in [2.24, 2.45) is 0 Å². The Hall–Kier alpha value is -3.05. The molecule has 1 amide bonds. The summed E-state index contributed by atoms with van der Waals surface area (Å²) in [5.74, 6) is 0.497. The zero-order valence-corrected chi connectivity index (χ0v) is 16.6. The van der Waals surface area contributed by atoms with E-state index in [1.807, 2.05) is 35.2 Å². The first-order chi connectivity index (χ1) is 14.2. The molecule has 1 saturated heterocycles. The van der Waals surface area contributed by atoms with Crippen molar-refractivity contribution in [2.75, 3.05) is 13.1 Å². The van der Waals surface area contributed by atoms with Crippen molar-refractivity contribution in [3.63, 3.8) is 0 Å². The van der Waals surface area contributed by atoms with E-state index in [1.165, 1.54) is 16.5 Å². The van der Waals surface area contributed by atoms with Crippen LogP contribution in [0.3, 0.4) is 0 Å². The summed E-state index contributed by atoms with van der Waals surface area (Å²) >= 11 is 5.99. The number of halogens is 1. The Morgan fingerprint density at radius 2 is 1.83 bits per heavy atom. The zero-order chi connectivity index (χ0) is 19.8. The second-order valence-electron chi connectivity index (χ2n) is 7.52. The molecule has 1 aliphatic rings. The van der Waals surface area contributed by atoms with Crippen molar-refractivity contribution in [2.45, 2.75) is 18.8 Å². The molecule has 0 saturated carbocycles. The highest BCUT2D eigenvalue weighted by Crippen LogP contribution is 2.34. The number of hydrogen-bond acceptors (Lipinski definition) is 2. The Morgan fingerprint density at radius 3 is 2.62 bits per heavy atom. The van der Waals surface area contributed by atoms with Crippen LogP contribution in [0.4, 0.5) is 0 Å². The summed E-state index contributed by atoms with van der Waals surface area (Å²) < 4.78 is 0. The smallest absolute Gasteiger partial charge is 0.257 e. The third-order valence-electron chi connectivity index (χ3n) is 5.85. The van der Waals surface area contributed by atoms with E-state index in [9.17, 15) is 4.79 Å². The summed E-state index contributed by atoms with van der Waals surface area (Å²) in [4.78, 5) is 18.5. The second-order valence-corrected chi connectivity index (χ2v) is 7.96. The monoisotopic (exact) mass is 404 g/mol. The number of carbonyl (C=O) groups is 1. The van der Waals surface area contributed by atoms with Gasteiger partial charge in [0.1, 0.15) is 0 Å². The first kappa shape index (κ1) is 18.0. The predicted molar refractivity (Wildman–Crippen MR) is 115 cm³/mol. The third-order valence-corrected chi connectivity index (χ3v) is 6.10. The van der Waals surface area contributed by atoms with Gasteiger partial charge < -0.3 is 9.88 Å². The Labute approximate surface area is 173 Å². The van der Waals surface area contributed by atoms with Gasteiger partial charge >= 0.3 is 0 Å². The molecule has 146 valence electrons. The van der Waals surface area contributed by atoms with Gasteiger partial charge in [0.15, 0.2) is 0 Å². The number of amides is 1.